The number of nitrogens with one attached hydrogen (secondary N) is 1. The van der Waals surface area contributed by atoms with Crippen molar-refractivity contribution in [3.05, 3.63) is 72.2 Å². The van der Waals surface area contributed by atoms with Crippen molar-refractivity contribution in [2.45, 2.75) is 13.5 Å². The van der Waals surface area contributed by atoms with E-state index in [1.807, 2.05) is 61.5 Å². The van der Waals surface area contributed by atoms with Gasteiger partial charge in [0, 0.05) is 6.54 Å². The summed E-state index contributed by atoms with van der Waals surface area (Å²) < 4.78 is 5.69. The summed E-state index contributed by atoms with van der Waals surface area (Å²) in [5.74, 6) is 1.57. The summed E-state index contributed by atoms with van der Waals surface area (Å²) in [7, 11) is 0. The Bertz CT molecular complexity index is 844. The molecule has 0 unspecified atom stereocenters. The second-order valence-electron chi connectivity index (χ2n) is 5.94. The molecule has 1 amide bonds. The van der Waals surface area contributed by atoms with E-state index in [0.29, 0.717) is 25.4 Å². The van der Waals surface area contributed by atoms with Crippen molar-refractivity contribution in [1.29, 1.82) is 0 Å². The van der Waals surface area contributed by atoms with Crippen molar-refractivity contribution < 1.29 is 14.6 Å². The topological polar surface area (TPSA) is 78.4 Å². The molecule has 1 aromatic heterocycles. The molecule has 3 rings (SSSR count). The van der Waals surface area contributed by atoms with Gasteiger partial charge in [-0.3, -0.25) is 0 Å². The van der Waals surface area contributed by atoms with Gasteiger partial charge in [-0.2, -0.15) is 0 Å². The lowest BCUT2D eigenvalue weighted by Crippen LogP contribution is -2.32. The minimum atomic E-state index is -0.956. The molecule has 6 nitrogen and oxygen atoms in total. The van der Waals surface area contributed by atoms with E-state index in [1.165, 1.54) is 4.90 Å². The third-order valence-electron chi connectivity index (χ3n) is 3.98. The number of carboxylic acid groups (broad SMARTS) is 1. The zero-order chi connectivity index (χ0) is 18.4. The summed E-state index contributed by atoms with van der Waals surface area (Å²) in [6.07, 6.45) is 0.835. The van der Waals surface area contributed by atoms with Crippen LogP contribution in [-0.2, 0) is 6.54 Å². The first-order chi connectivity index (χ1) is 12.6. The molecule has 0 aliphatic rings. The number of aryl methyl sites for hydroxylation is 1. The van der Waals surface area contributed by atoms with E-state index in [1.54, 1.807) is 6.20 Å². The zero-order valence-corrected chi connectivity index (χ0v) is 14.6. The van der Waals surface area contributed by atoms with Gasteiger partial charge in [0.25, 0.3) is 0 Å². The van der Waals surface area contributed by atoms with Crippen LogP contribution < -0.4 is 4.74 Å². The molecule has 26 heavy (non-hydrogen) atoms. The number of nitrogens with zero attached hydrogens (tertiary/aromatic N) is 2. The zero-order valence-electron chi connectivity index (χ0n) is 14.6. The van der Waals surface area contributed by atoms with Gasteiger partial charge in [-0.25, -0.2) is 9.78 Å². The van der Waals surface area contributed by atoms with Crippen LogP contribution in [-0.4, -0.2) is 39.2 Å². The van der Waals surface area contributed by atoms with Gasteiger partial charge >= 0.3 is 6.09 Å². The molecule has 6 heteroatoms. The molecular weight excluding hydrogens is 330 g/mol. The van der Waals surface area contributed by atoms with Crippen molar-refractivity contribution in [3.63, 3.8) is 0 Å². The van der Waals surface area contributed by atoms with Crippen LogP contribution >= 0.6 is 0 Å². The maximum Gasteiger partial charge on any atom is 0.407 e. The summed E-state index contributed by atoms with van der Waals surface area (Å²) in [6, 6.07) is 17.2. The van der Waals surface area contributed by atoms with Gasteiger partial charge < -0.3 is 19.7 Å². The van der Waals surface area contributed by atoms with Gasteiger partial charge in [0.15, 0.2) is 0 Å². The Morgan fingerprint density at radius 2 is 1.88 bits per heavy atom. The summed E-state index contributed by atoms with van der Waals surface area (Å²) in [5.41, 5.74) is 2.93. The minimum Gasteiger partial charge on any atom is -0.492 e. The molecule has 0 saturated heterocycles. The van der Waals surface area contributed by atoms with Crippen LogP contribution in [0.15, 0.2) is 60.8 Å². The molecule has 0 spiro atoms. The highest BCUT2D eigenvalue weighted by atomic mass is 16.5. The Kier molecular flexibility index (Phi) is 5.53. The van der Waals surface area contributed by atoms with E-state index in [2.05, 4.69) is 9.97 Å². The number of imidazole rings is 1. The fraction of sp³-hybridized carbons (Fsp3) is 0.200. The lowest BCUT2D eigenvalue weighted by molar-refractivity contribution is 0.132. The van der Waals surface area contributed by atoms with Crippen molar-refractivity contribution in [2.24, 2.45) is 0 Å². The summed E-state index contributed by atoms with van der Waals surface area (Å²) >= 11 is 0. The van der Waals surface area contributed by atoms with Crippen LogP contribution in [0.3, 0.4) is 0 Å². The van der Waals surface area contributed by atoms with Crippen molar-refractivity contribution in [2.75, 3.05) is 13.2 Å². The minimum absolute atomic E-state index is 0.293. The fourth-order valence-electron chi connectivity index (χ4n) is 2.62. The van der Waals surface area contributed by atoms with E-state index in [4.69, 9.17) is 4.74 Å². The Morgan fingerprint density at radius 1 is 1.15 bits per heavy atom. The first-order valence-electron chi connectivity index (χ1n) is 8.38. The van der Waals surface area contributed by atoms with Gasteiger partial charge in [0.2, 0.25) is 0 Å². The standard InChI is InChI=1S/C20H21N3O3/c1-15-21-13-19(22-15)17-7-9-18(10-8-17)26-12-11-23(20(24)25)14-16-5-3-2-4-6-16/h2-10,13H,11-12,14H2,1H3,(H,21,22)(H,24,25). The summed E-state index contributed by atoms with van der Waals surface area (Å²) in [4.78, 5) is 20.1. The van der Waals surface area contributed by atoms with Crippen molar-refractivity contribution in [1.82, 2.24) is 14.9 Å². The van der Waals surface area contributed by atoms with Gasteiger partial charge in [0.1, 0.15) is 18.2 Å². The highest BCUT2D eigenvalue weighted by Crippen LogP contribution is 2.20. The van der Waals surface area contributed by atoms with Gasteiger partial charge in [-0.1, -0.05) is 30.3 Å². The van der Waals surface area contributed by atoms with Gasteiger partial charge in [0.05, 0.1) is 18.4 Å². The monoisotopic (exact) mass is 351 g/mol. The molecule has 0 fully saturated rings. The molecule has 2 N–H and O–H groups in total. The second kappa shape index (κ2) is 8.20. The number of hydrogen-bond donors (Lipinski definition) is 2. The second-order valence-corrected chi connectivity index (χ2v) is 5.94. The average Bonchev–Trinajstić information content (AvgIpc) is 3.08. The summed E-state index contributed by atoms with van der Waals surface area (Å²) in [6.45, 7) is 2.84. The lowest BCUT2D eigenvalue weighted by Gasteiger charge is -2.19. The molecule has 0 aliphatic heterocycles. The number of carbonyl (C=O) groups is 1. The normalized spacial score (nSPS) is 10.5. The quantitative estimate of drug-likeness (QED) is 0.676. The third kappa shape index (κ3) is 4.63. The predicted molar refractivity (Wildman–Crippen MR) is 99.1 cm³/mol. The smallest absolute Gasteiger partial charge is 0.407 e. The van der Waals surface area contributed by atoms with E-state index in [0.717, 1.165) is 22.6 Å². The largest absolute Gasteiger partial charge is 0.492 e. The van der Waals surface area contributed by atoms with Crippen LogP contribution in [0, 0.1) is 6.92 Å². The molecular formula is C20H21N3O3. The van der Waals surface area contributed by atoms with Crippen LogP contribution in [0.25, 0.3) is 11.3 Å². The molecule has 2 aromatic carbocycles. The maximum absolute atomic E-state index is 11.4. The third-order valence-corrected chi connectivity index (χ3v) is 3.98. The number of rotatable bonds is 7. The van der Waals surface area contributed by atoms with Crippen LogP contribution in [0.4, 0.5) is 4.79 Å². The van der Waals surface area contributed by atoms with Crippen LogP contribution in [0.2, 0.25) is 0 Å². The number of ether oxygens (including phenoxy) is 1. The molecule has 0 radical (unpaired) electrons. The molecule has 3 aromatic rings. The molecule has 0 bridgehead atoms. The number of aromatic nitrogens is 2. The highest BCUT2D eigenvalue weighted by Gasteiger charge is 2.12. The molecule has 0 aliphatic carbocycles. The van der Waals surface area contributed by atoms with Crippen molar-refractivity contribution >= 4 is 6.09 Å². The van der Waals surface area contributed by atoms with E-state index >= 15 is 0 Å². The Morgan fingerprint density at radius 3 is 2.50 bits per heavy atom. The Hall–Kier alpha value is -3.28. The van der Waals surface area contributed by atoms with E-state index in [-0.39, 0.29) is 0 Å². The van der Waals surface area contributed by atoms with Crippen LogP contribution in [0.1, 0.15) is 11.4 Å². The molecule has 134 valence electrons. The number of amides is 1. The van der Waals surface area contributed by atoms with Crippen molar-refractivity contribution in [3.8, 4) is 17.0 Å². The summed E-state index contributed by atoms with van der Waals surface area (Å²) in [5, 5.41) is 9.36. The predicted octanol–water partition coefficient (Wildman–Crippen LogP) is 3.94. The van der Waals surface area contributed by atoms with E-state index in [9.17, 15) is 9.90 Å². The first-order valence-corrected chi connectivity index (χ1v) is 8.38. The molecule has 0 saturated carbocycles. The van der Waals surface area contributed by atoms with E-state index < -0.39 is 6.09 Å². The molecule has 1 heterocycles. The highest BCUT2D eigenvalue weighted by molar-refractivity contribution is 5.65. The molecule has 0 atom stereocenters. The Labute approximate surface area is 152 Å². The first kappa shape index (κ1) is 17.5. The van der Waals surface area contributed by atoms with Gasteiger partial charge in [-0.05, 0) is 42.3 Å². The fourth-order valence-corrected chi connectivity index (χ4v) is 2.62. The number of benzene rings is 2. The number of hydrogen-bond acceptors (Lipinski definition) is 3. The van der Waals surface area contributed by atoms with Crippen LogP contribution in [0.5, 0.6) is 5.75 Å². The Balaban J connectivity index is 1.53. The average molecular weight is 351 g/mol. The lowest BCUT2D eigenvalue weighted by atomic mass is 10.2. The SMILES string of the molecule is Cc1ncc(-c2ccc(OCCN(Cc3ccccc3)C(=O)O)cc2)[nH]1. The number of aromatic amines is 1. The number of H-pyrrole nitrogens is 1. The maximum atomic E-state index is 11.4. The van der Waals surface area contributed by atoms with Gasteiger partial charge in [-0.15, -0.1) is 0 Å².